The van der Waals surface area contributed by atoms with Gasteiger partial charge in [0.2, 0.25) is 0 Å². The highest BCUT2D eigenvalue weighted by Crippen LogP contribution is 2.33. The van der Waals surface area contributed by atoms with Gasteiger partial charge < -0.3 is 19.5 Å². The van der Waals surface area contributed by atoms with Gasteiger partial charge in [0.25, 0.3) is 5.91 Å². The van der Waals surface area contributed by atoms with Crippen molar-refractivity contribution >= 4 is 28.7 Å². The highest BCUT2D eigenvalue weighted by Gasteiger charge is 2.29. The van der Waals surface area contributed by atoms with Gasteiger partial charge in [0.1, 0.15) is 11.3 Å². The molecule has 0 aliphatic carbocycles. The largest absolute Gasteiger partial charge is 0.476 e. The Balaban J connectivity index is 1.43. The molecule has 0 saturated carbocycles. The average molecular weight is 442 g/mol. The van der Waals surface area contributed by atoms with E-state index in [1.54, 1.807) is 6.20 Å². The minimum atomic E-state index is -1.11. The summed E-state index contributed by atoms with van der Waals surface area (Å²) in [5, 5.41) is 9.00. The number of hydrogen-bond acceptors (Lipinski definition) is 6. The maximum atomic E-state index is 13.7. The van der Waals surface area contributed by atoms with Crippen molar-refractivity contribution in [2.24, 2.45) is 7.05 Å². The van der Waals surface area contributed by atoms with E-state index in [2.05, 4.69) is 15.0 Å². The van der Waals surface area contributed by atoms with Gasteiger partial charge in [0, 0.05) is 39.4 Å². The Bertz CT molecular complexity index is 1330. The number of carbonyl (C=O) groups excluding carboxylic acids is 1. The van der Waals surface area contributed by atoms with Gasteiger partial charge in [-0.2, -0.15) is 0 Å². The van der Waals surface area contributed by atoms with E-state index in [1.165, 1.54) is 12.4 Å². The number of nitrogens with zero attached hydrogens (tertiary/aromatic N) is 6. The second kappa shape index (κ2) is 8.34. The highest BCUT2D eigenvalue weighted by molar-refractivity contribution is 6.11. The summed E-state index contributed by atoms with van der Waals surface area (Å²) in [5.41, 5.74) is 3.94. The third-order valence-corrected chi connectivity index (χ3v) is 5.97. The molecule has 1 fully saturated rings. The third kappa shape index (κ3) is 3.67. The molecule has 166 valence electrons. The van der Waals surface area contributed by atoms with Crippen molar-refractivity contribution in [1.82, 2.24) is 24.4 Å². The Labute approximate surface area is 189 Å². The fraction of sp³-hybridized carbons (Fsp3) is 0.208. The molecule has 1 aromatic carbocycles. The first-order valence-electron chi connectivity index (χ1n) is 10.6. The molecule has 4 heterocycles. The Hall–Kier alpha value is -4.27. The van der Waals surface area contributed by atoms with Gasteiger partial charge in [-0.15, -0.1) is 0 Å². The number of carbonyl (C=O) groups is 2. The Kier molecular flexibility index (Phi) is 5.21. The third-order valence-electron chi connectivity index (χ3n) is 5.97. The zero-order valence-corrected chi connectivity index (χ0v) is 18.0. The van der Waals surface area contributed by atoms with Crippen molar-refractivity contribution in [1.29, 1.82) is 0 Å². The zero-order chi connectivity index (χ0) is 22.9. The van der Waals surface area contributed by atoms with Crippen LogP contribution in [0.25, 0.3) is 22.3 Å². The van der Waals surface area contributed by atoms with Crippen LogP contribution < -0.4 is 4.90 Å². The van der Waals surface area contributed by atoms with E-state index in [0.29, 0.717) is 43.1 Å². The summed E-state index contributed by atoms with van der Waals surface area (Å²) < 4.78 is 2.03. The molecule has 0 spiro atoms. The molecule has 9 heteroatoms. The molecule has 0 unspecified atom stereocenters. The molecular weight excluding hydrogens is 420 g/mol. The monoisotopic (exact) mass is 442 g/mol. The number of carboxylic acid groups (broad SMARTS) is 1. The van der Waals surface area contributed by atoms with E-state index in [-0.39, 0.29) is 11.6 Å². The van der Waals surface area contributed by atoms with Crippen LogP contribution in [0.4, 0.5) is 5.82 Å². The smallest absolute Gasteiger partial charge is 0.356 e. The van der Waals surface area contributed by atoms with Crippen molar-refractivity contribution in [3.8, 4) is 11.3 Å². The second-order valence-corrected chi connectivity index (χ2v) is 7.86. The number of pyridine rings is 1. The number of aromatic nitrogens is 4. The lowest BCUT2D eigenvalue weighted by atomic mass is 10.1. The summed E-state index contributed by atoms with van der Waals surface area (Å²) in [6.07, 6.45) is 4.43. The van der Waals surface area contributed by atoms with Gasteiger partial charge in [0.15, 0.2) is 5.69 Å². The summed E-state index contributed by atoms with van der Waals surface area (Å²) in [6, 6.07) is 13.7. The number of anilines is 1. The molecule has 3 aromatic heterocycles. The summed E-state index contributed by atoms with van der Waals surface area (Å²) in [5.74, 6) is -0.559. The second-order valence-electron chi connectivity index (χ2n) is 7.86. The maximum absolute atomic E-state index is 13.7. The van der Waals surface area contributed by atoms with E-state index >= 15 is 0 Å². The normalized spacial score (nSPS) is 14.0. The van der Waals surface area contributed by atoms with Crippen LogP contribution in [0.2, 0.25) is 0 Å². The van der Waals surface area contributed by atoms with E-state index < -0.39 is 5.97 Å². The fourth-order valence-corrected chi connectivity index (χ4v) is 4.29. The molecule has 1 aliphatic heterocycles. The molecule has 1 saturated heterocycles. The van der Waals surface area contributed by atoms with Crippen LogP contribution in [-0.2, 0) is 7.05 Å². The Morgan fingerprint density at radius 1 is 0.909 bits per heavy atom. The molecule has 5 rings (SSSR count). The Morgan fingerprint density at radius 2 is 1.67 bits per heavy atom. The number of amides is 1. The van der Waals surface area contributed by atoms with Crippen LogP contribution in [0.3, 0.4) is 0 Å². The average Bonchev–Trinajstić information content (AvgIpc) is 3.16. The minimum Gasteiger partial charge on any atom is -0.476 e. The molecule has 4 aromatic rings. The molecule has 0 radical (unpaired) electrons. The summed E-state index contributed by atoms with van der Waals surface area (Å²) in [4.78, 5) is 41.3. The number of aryl methyl sites for hydroxylation is 1. The van der Waals surface area contributed by atoms with Gasteiger partial charge in [-0.3, -0.25) is 9.78 Å². The van der Waals surface area contributed by atoms with E-state index in [9.17, 15) is 9.59 Å². The molecule has 0 bridgehead atoms. The summed E-state index contributed by atoms with van der Waals surface area (Å²) in [7, 11) is 1.96. The van der Waals surface area contributed by atoms with Crippen LogP contribution in [0.1, 0.15) is 20.8 Å². The van der Waals surface area contributed by atoms with Crippen molar-refractivity contribution in [3.63, 3.8) is 0 Å². The number of piperazine rings is 1. The molecule has 1 aliphatic rings. The minimum absolute atomic E-state index is 0.0508. The standard InChI is InChI=1S/C24H22N6O3/c1-28-18-8-5-9-25-21(18)20(22(28)16-6-3-2-4-7-16)23(31)30-12-10-29(11-13-30)19-15-26-17(14-27-19)24(32)33/h2-9,14-15H,10-13H2,1H3,(H,32,33). The maximum Gasteiger partial charge on any atom is 0.356 e. The topological polar surface area (TPSA) is 104 Å². The lowest BCUT2D eigenvalue weighted by molar-refractivity contribution is 0.0688. The highest BCUT2D eigenvalue weighted by atomic mass is 16.4. The van der Waals surface area contributed by atoms with Gasteiger partial charge in [-0.1, -0.05) is 30.3 Å². The quantitative estimate of drug-likeness (QED) is 0.518. The van der Waals surface area contributed by atoms with Gasteiger partial charge in [-0.05, 0) is 17.7 Å². The molecule has 1 amide bonds. The van der Waals surface area contributed by atoms with Crippen LogP contribution >= 0.6 is 0 Å². The molecule has 9 nitrogen and oxygen atoms in total. The number of benzene rings is 1. The van der Waals surface area contributed by atoms with E-state index in [0.717, 1.165) is 16.8 Å². The zero-order valence-electron chi connectivity index (χ0n) is 18.0. The fourth-order valence-electron chi connectivity index (χ4n) is 4.29. The van der Waals surface area contributed by atoms with Gasteiger partial charge in [0.05, 0.1) is 29.2 Å². The Morgan fingerprint density at radius 3 is 2.33 bits per heavy atom. The van der Waals surface area contributed by atoms with Crippen molar-refractivity contribution in [2.75, 3.05) is 31.1 Å². The first-order chi connectivity index (χ1) is 16.0. The summed E-state index contributed by atoms with van der Waals surface area (Å²) in [6.45, 7) is 2.18. The molecule has 0 atom stereocenters. The van der Waals surface area contributed by atoms with Crippen LogP contribution in [0, 0.1) is 0 Å². The van der Waals surface area contributed by atoms with Crippen molar-refractivity contribution < 1.29 is 14.7 Å². The molecule has 1 N–H and O–H groups in total. The lowest BCUT2D eigenvalue weighted by Gasteiger charge is -2.35. The SMILES string of the molecule is Cn1c(-c2ccccc2)c(C(=O)N2CCN(c3cnc(C(=O)O)cn3)CC2)c2ncccc21. The number of rotatable bonds is 4. The van der Waals surface area contributed by atoms with E-state index in [1.807, 2.05) is 63.9 Å². The molecule has 33 heavy (non-hydrogen) atoms. The van der Waals surface area contributed by atoms with Gasteiger partial charge in [-0.25, -0.2) is 14.8 Å². The first-order valence-corrected chi connectivity index (χ1v) is 10.6. The predicted octanol–water partition coefficient (Wildman–Crippen LogP) is 2.69. The lowest BCUT2D eigenvalue weighted by Crippen LogP contribution is -2.49. The number of fused-ring (bicyclic) bond motifs is 1. The first kappa shape index (κ1) is 20.6. The van der Waals surface area contributed by atoms with E-state index in [4.69, 9.17) is 5.11 Å². The number of carboxylic acids is 1. The number of hydrogen-bond donors (Lipinski definition) is 1. The predicted molar refractivity (Wildman–Crippen MR) is 123 cm³/mol. The van der Waals surface area contributed by atoms with Crippen molar-refractivity contribution in [2.45, 2.75) is 0 Å². The molecular formula is C24H22N6O3. The number of aromatic carboxylic acids is 1. The van der Waals surface area contributed by atoms with Crippen LogP contribution in [-0.4, -0.2) is 67.6 Å². The van der Waals surface area contributed by atoms with Crippen LogP contribution in [0.15, 0.2) is 61.1 Å². The van der Waals surface area contributed by atoms with Gasteiger partial charge >= 0.3 is 5.97 Å². The van der Waals surface area contributed by atoms with Crippen molar-refractivity contribution in [3.05, 3.63) is 72.3 Å². The van der Waals surface area contributed by atoms with Crippen LogP contribution in [0.5, 0.6) is 0 Å². The summed E-state index contributed by atoms with van der Waals surface area (Å²) >= 11 is 0.